The van der Waals surface area contributed by atoms with E-state index < -0.39 is 0 Å². The Morgan fingerprint density at radius 1 is 1.41 bits per heavy atom. The maximum absolute atomic E-state index is 11.9. The fourth-order valence-corrected chi connectivity index (χ4v) is 1.55. The second-order valence-electron chi connectivity index (χ2n) is 3.83. The lowest BCUT2D eigenvalue weighted by Crippen LogP contribution is -2.44. The van der Waals surface area contributed by atoms with Crippen molar-refractivity contribution in [1.82, 2.24) is 20.4 Å². The van der Waals surface area contributed by atoms with Gasteiger partial charge in [0.1, 0.15) is 0 Å². The molecule has 1 unspecified atom stereocenters. The summed E-state index contributed by atoms with van der Waals surface area (Å²) in [4.78, 5) is 13.7. The third-order valence-corrected chi connectivity index (χ3v) is 2.57. The van der Waals surface area contributed by atoms with Crippen LogP contribution in [0.15, 0.2) is 4.42 Å². The zero-order valence-electron chi connectivity index (χ0n) is 10.9. The molecule has 6 heteroatoms. The summed E-state index contributed by atoms with van der Waals surface area (Å²) in [5, 5.41) is 10.7. The highest BCUT2D eigenvalue weighted by Crippen LogP contribution is 1.99. The smallest absolute Gasteiger partial charge is 0.239 e. The van der Waals surface area contributed by atoms with Crippen LogP contribution in [-0.2, 0) is 11.3 Å². The van der Waals surface area contributed by atoms with Crippen LogP contribution < -0.4 is 5.32 Å². The monoisotopic (exact) mass is 240 g/mol. The van der Waals surface area contributed by atoms with E-state index >= 15 is 0 Å². The molecule has 0 spiro atoms. The number of rotatable bonds is 6. The number of nitrogens with one attached hydrogen (secondary N) is 1. The van der Waals surface area contributed by atoms with E-state index in [-0.39, 0.29) is 11.9 Å². The van der Waals surface area contributed by atoms with Gasteiger partial charge in [-0.1, -0.05) is 0 Å². The van der Waals surface area contributed by atoms with Gasteiger partial charge in [-0.2, -0.15) is 0 Å². The molecule has 1 rings (SSSR count). The van der Waals surface area contributed by atoms with Crippen LogP contribution >= 0.6 is 0 Å². The van der Waals surface area contributed by atoms with Crippen molar-refractivity contribution in [1.29, 1.82) is 0 Å². The molecule has 0 saturated carbocycles. The van der Waals surface area contributed by atoms with Crippen molar-refractivity contribution in [2.75, 3.05) is 13.1 Å². The van der Waals surface area contributed by atoms with Gasteiger partial charge in [0.25, 0.3) is 0 Å². The number of nitrogens with zero attached hydrogens (tertiary/aromatic N) is 3. The van der Waals surface area contributed by atoms with Crippen LogP contribution in [0.3, 0.4) is 0 Å². The van der Waals surface area contributed by atoms with Gasteiger partial charge in [0.2, 0.25) is 17.7 Å². The molecular formula is C11H20N4O2. The molecule has 17 heavy (non-hydrogen) atoms. The van der Waals surface area contributed by atoms with Crippen LogP contribution in [0.2, 0.25) is 0 Å². The zero-order chi connectivity index (χ0) is 12.8. The number of carbonyl (C=O) groups is 1. The van der Waals surface area contributed by atoms with E-state index in [9.17, 15) is 4.79 Å². The van der Waals surface area contributed by atoms with Crippen molar-refractivity contribution in [2.45, 2.75) is 40.3 Å². The molecule has 6 nitrogen and oxygen atoms in total. The van der Waals surface area contributed by atoms with E-state index in [2.05, 4.69) is 15.5 Å². The minimum Gasteiger partial charge on any atom is -0.424 e. The Morgan fingerprint density at radius 2 is 2.06 bits per heavy atom. The Bertz CT molecular complexity index is 360. The first-order valence-electron chi connectivity index (χ1n) is 5.89. The maximum atomic E-state index is 11.9. The van der Waals surface area contributed by atoms with Crippen LogP contribution in [0.5, 0.6) is 0 Å². The van der Waals surface area contributed by atoms with Crippen molar-refractivity contribution in [2.24, 2.45) is 0 Å². The van der Waals surface area contributed by atoms with E-state index in [4.69, 9.17) is 4.42 Å². The first-order valence-corrected chi connectivity index (χ1v) is 5.89. The molecule has 0 saturated heterocycles. The number of hydrogen-bond donors (Lipinski definition) is 1. The molecule has 1 amide bonds. The summed E-state index contributed by atoms with van der Waals surface area (Å²) in [6.07, 6.45) is 0. The topological polar surface area (TPSA) is 71.3 Å². The third kappa shape index (κ3) is 3.81. The molecule has 0 fully saturated rings. The molecular weight excluding hydrogens is 220 g/mol. The van der Waals surface area contributed by atoms with Crippen molar-refractivity contribution < 1.29 is 9.21 Å². The van der Waals surface area contributed by atoms with Gasteiger partial charge in [0, 0.05) is 20.0 Å². The minimum atomic E-state index is -0.248. The highest BCUT2D eigenvalue weighted by molar-refractivity contribution is 5.81. The number of hydrogen-bond acceptors (Lipinski definition) is 5. The molecule has 96 valence electrons. The van der Waals surface area contributed by atoms with Crippen LogP contribution in [0.1, 0.15) is 32.6 Å². The van der Waals surface area contributed by atoms with Crippen molar-refractivity contribution in [3.63, 3.8) is 0 Å². The Morgan fingerprint density at radius 3 is 2.53 bits per heavy atom. The van der Waals surface area contributed by atoms with Crippen molar-refractivity contribution in [3.05, 3.63) is 11.8 Å². The second-order valence-corrected chi connectivity index (χ2v) is 3.83. The van der Waals surface area contributed by atoms with Crippen LogP contribution in [-0.4, -0.2) is 40.1 Å². The molecule has 1 N–H and O–H groups in total. The van der Waals surface area contributed by atoms with E-state index in [0.29, 0.717) is 18.3 Å². The highest BCUT2D eigenvalue weighted by atomic mass is 16.4. The summed E-state index contributed by atoms with van der Waals surface area (Å²) in [5.74, 6) is 1.12. The number of amides is 1. The van der Waals surface area contributed by atoms with Gasteiger partial charge >= 0.3 is 0 Å². The first kappa shape index (κ1) is 13.6. The van der Waals surface area contributed by atoms with Gasteiger partial charge < -0.3 is 9.32 Å². The van der Waals surface area contributed by atoms with Gasteiger partial charge in [0.05, 0.1) is 12.6 Å². The van der Waals surface area contributed by atoms with Gasteiger partial charge in [-0.15, -0.1) is 10.2 Å². The van der Waals surface area contributed by atoms with Gasteiger partial charge in [-0.05, 0) is 20.8 Å². The molecule has 1 aromatic rings. The molecule has 0 bridgehead atoms. The Balaban J connectivity index is 2.43. The van der Waals surface area contributed by atoms with E-state index in [1.54, 1.807) is 11.8 Å². The van der Waals surface area contributed by atoms with Crippen molar-refractivity contribution >= 4 is 5.91 Å². The largest absolute Gasteiger partial charge is 0.424 e. The lowest BCUT2D eigenvalue weighted by molar-refractivity contribution is -0.132. The molecule has 0 radical (unpaired) electrons. The van der Waals surface area contributed by atoms with Crippen LogP contribution in [0.25, 0.3) is 0 Å². The summed E-state index contributed by atoms with van der Waals surface area (Å²) in [5.41, 5.74) is 0. The Labute approximate surface area is 101 Å². The van der Waals surface area contributed by atoms with Crippen LogP contribution in [0.4, 0.5) is 0 Å². The summed E-state index contributed by atoms with van der Waals surface area (Å²) in [6, 6.07) is -0.248. The third-order valence-electron chi connectivity index (χ3n) is 2.57. The molecule has 0 aliphatic heterocycles. The fraction of sp³-hybridized carbons (Fsp3) is 0.727. The molecule has 1 heterocycles. The normalized spacial score (nSPS) is 12.5. The molecule has 1 atom stereocenters. The average Bonchev–Trinajstić information content (AvgIpc) is 2.73. The van der Waals surface area contributed by atoms with Gasteiger partial charge in [0.15, 0.2) is 0 Å². The first-order chi connectivity index (χ1) is 8.08. The fourth-order valence-electron chi connectivity index (χ4n) is 1.55. The number of carbonyl (C=O) groups excluding carboxylic acids is 1. The molecule has 0 aliphatic rings. The van der Waals surface area contributed by atoms with Gasteiger partial charge in [-0.25, -0.2) is 0 Å². The quantitative estimate of drug-likeness (QED) is 0.793. The van der Waals surface area contributed by atoms with Crippen molar-refractivity contribution in [3.8, 4) is 0 Å². The summed E-state index contributed by atoms with van der Waals surface area (Å²) in [6.45, 7) is 9.37. The zero-order valence-corrected chi connectivity index (χ0v) is 10.9. The summed E-state index contributed by atoms with van der Waals surface area (Å²) < 4.78 is 5.22. The predicted octanol–water partition coefficient (Wildman–Crippen LogP) is 0.725. The number of likely N-dealkylation sites (N-methyl/N-ethyl adjacent to an activating group) is 1. The van der Waals surface area contributed by atoms with Gasteiger partial charge in [-0.3, -0.25) is 10.1 Å². The lowest BCUT2D eigenvalue weighted by Gasteiger charge is -2.23. The van der Waals surface area contributed by atoms with E-state index in [0.717, 1.165) is 13.1 Å². The molecule has 0 aliphatic carbocycles. The Hall–Kier alpha value is -1.43. The Kier molecular flexibility index (Phi) is 5.09. The predicted molar refractivity (Wildman–Crippen MR) is 63.3 cm³/mol. The maximum Gasteiger partial charge on any atom is 0.239 e. The molecule has 0 aromatic carbocycles. The lowest BCUT2D eigenvalue weighted by atomic mass is 10.3. The summed E-state index contributed by atoms with van der Waals surface area (Å²) in [7, 11) is 0. The second kappa shape index (κ2) is 6.34. The number of aryl methyl sites for hydroxylation is 1. The van der Waals surface area contributed by atoms with Crippen LogP contribution in [0, 0.1) is 6.92 Å². The number of aromatic nitrogens is 2. The minimum absolute atomic E-state index is 0.0891. The SMILES string of the molecule is CCN(CC)C(=O)C(C)NCc1nnc(C)o1. The molecule has 1 aromatic heterocycles. The van der Waals surface area contributed by atoms with E-state index in [1.165, 1.54) is 0 Å². The summed E-state index contributed by atoms with van der Waals surface area (Å²) >= 11 is 0. The highest BCUT2D eigenvalue weighted by Gasteiger charge is 2.18. The average molecular weight is 240 g/mol. The standard InChI is InChI=1S/C11H20N4O2/c1-5-15(6-2)11(16)8(3)12-7-10-14-13-9(4)17-10/h8,12H,5-7H2,1-4H3. The van der Waals surface area contributed by atoms with E-state index in [1.807, 2.05) is 20.8 Å².